The molecule has 27 heavy (non-hydrogen) atoms. The van der Waals surface area contributed by atoms with E-state index in [1.165, 1.54) is 29.4 Å². The number of nitrogens with zero attached hydrogens (tertiary/aromatic N) is 3. The molecule has 1 aromatic carbocycles. The molecule has 2 aliphatic heterocycles. The highest BCUT2D eigenvalue weighted by Gasteiger charge is 2.20. The van der Waals surface area contributed by atoms with Crippen molar-refractivity contribution in [2.75, 3.05) is 37.6 Å². The van der Waals surface area contributed by atoms with Crippen LogP contribution in [0.25, 0.3) is 10.9 Å². The number of carbonyl (C=O) groups excluding carboxylic acids is 1. The van der Waals surface area contributed by atoms with E-state index in [4.69, 9.17) is 4.98 Å². The Labute approximate surface area is 161 Å². The molecule has 0 saturated carbocycles. The molecule has 144 valence electrons. The van der Waals surface area contributed by atoms with Crippen LogP contribution in [0.5, 0.6) is 0 Å². The number of hydrogen-bond donors (Lipinski definition) is 1. The standard InChI is InChI=1S/C22H30N4O/c1-17-7-8-20-18(14-17)15-19(22(24-20)26-10-2-3-11-26)16-23-9-5-13-25-12-4-6-21(25)27/h7-8,14-15,23H,2-6,9-13,16H2,1H3. The Hall–Kier alpha value is -2.14. The highest BCUT2D eigenvalue weighted by Crippen LogP contribution is 2.27. The molecule has 4 rings (SSSR count). The SMILES string of the molecule is Cc1ccc2nc(N3CCCC3)c(CNCCCN3CCCC3=O)cc2c1. The molecule has 1 aromatic heterocycles. The van der Waals surface area contributed by atoms with Crippen LogP contribution in [-0.4, -0.2) is 48.5 Å². The van der Waals surface area contributed by atoms with Gasteiger partial charge in [-0.15, -0.1) is 0 Å². The van der Waals surface area contributed by atoms with Gasteiger partial charge in [0.05, 0.1) is 5.52 Å². The first-order valence-corrected chi connectivity index (χ1v) is 10.3. The number of amides is 1. The highest BCUT2D eigenvalue weighted by molar-refractivity contribution is 5.82. The summed E-state index contributed by atoms with van der Waals surface area (Å²) in [7, 11) is 0. The molecule has 5 heteroatoms. The molecule has 0 radical (unpaired) electrons. The quantitative estimate of drug-likeness (QED) is 0.764. The van der Waals surface area contributed by atoms with Crippen molar-refractivity contribution in [1.29, 1.82) is 0 Å². The van der Waals surface area contributed by atoms with Crippen LogP contribution in [0.4, 0.5) is 5.82 Å². The van der Waals surface area contributed by atoms with Crippen molar-refractivity contribution < 1.29 is 4.79 Å². The normalized spacial score (nSPS) is 17.4. The maximum atomic E-state index is 11.7. The Balaban J connectivity index is 1.42. The minimum Gasteiger partial charge on any atom is -0.356 e. The number of aryl methyl sites for hydroxylation is 1. The van der Waals surface area contributed by atoms with Crippen LogP contribution in [0.1, 0.15) is 43.2 Å². The molecule has 2 fully saturated rings. The summed E-state index contributed by atoms with van der Waals surface area (Å²) in [6.07, 6.45) is 5.27. The summed E-state index contributed by atoms with van der Waals surface area (Å²) in [6.45, 7) is 7.91. The van der Waals surface area contributed by atoms with Crippen molar-refractivity contribution in [1.82, 2.24) is 15.2 Å². The van der Waals surface area contributed by atoms with E-state index in [0.717, 1.165) is 69.9 Å². The smallest absolute Gasteiger partial charge is 0.222 e. The maximum Gasteiger partial charge on any atom is 0.222 e. The summed E-state index contributed by atoms with van der Waals surface area (Å²) < 4.78 is 0. The minimum absolute atomic E-state index is 0.320. The predicted molar refractivity (Wildman–Crippen MR) is 110 cm³/mol. The van der Waals surface area contributed by atoms with Crippen LogP contribution in [-0.2, 0) is 11.3 Å². The van der Waals surface area contributed by atoms with E-state index in [9.17, 15) is 4.79 Å². The Bertz CT molecular complexity index is 813. The zero-order chi connectivity index (χ0) is 18.6. The first kappa shape index (κ1) is 18.2. The van der Waals surface area contributed by atoms with Gasteiger partial charge in [-0.1, -0.05) is 11.6 Å². The minimum atomic E-state index is 0.320. The number of nitrogens with one attached hydrogen (secondary N) is 1. The van der Waals surface area contributed by atoms with Crippen LogP contribution in [0, 0.1) is 6.92 Å². The molecule has 0 unspecified atom stereocenters. The average Bonchev–Trinajstić information content (AvgIpc) is 3.33. The van der Waals surface area contributed by atoms with Gasteiger partial charge in [-0.2, -0.15) is 0 Å². The summed E-state index contributed by atoms with van der Waals surface area (Å²) >= 11 is 0. The van der Waals surface area contributed by atoms with Crippen LogP contribution in [0.15, 0.2) is 24.3 Å². The number of fused-ring (bicyclic) bond motifs is 1. The predicted octanol–water partition coefficient (Wildman–Crippen LogP) is 3.25. The second kappa shape index (κ2) is 8.26. The van der Waals surface area contributed by atoms with Gasteiger partial charge in [0.2, 0.25) is 5.91 Å². The van der Waals surface area contributed by atoms with Crippen molar-refractivity contribution in [3.63, 3.8) is 0 Å². The third-order valence-electron chi connectivity index (χ3n) is 5.70. The molecule has 1 amide bonds. The third-order valence-corrected chi connectivity index (χ3v) is 5.70. The second-order valence-electron chi connectivity index (χ2n) is 7.88. The molecule has 2 aliphatic rings. The summed E-state index contributed by atoms with van der Waals surface area (Å²) in [6, 6.07) is 8.80. The van der Waals surface area contributed by atoms with Crippen molar-refractivity contribution in [3.8, 4) is 0 Å². The fourth-order valence-electron chi connectivity index (χ4n) is 4.22. The maximum absolute atomic E-state index is 11.7. The zero-order valence-corrected chi connectivity index (χ0v) is 16.3. The van der Waals surface area contributed by atoms with Gasteiger partial charge in [0.1, 0.15) is 5.82 Å². The number of carbonyl (C=O) groups is 1. The second-order valence-corrected chi connectivity index (χ2v) is 7.88. The molecule has 5 nitrogen and oxygen atoms in total. The van der Waals surface area contributed by atoms with Gasteiger partial charge < -0.3 is 15.1 Å². The molecule has 0 spiro atoms. The van der Waals surface area contributed by atoms with Crippen LogP contribution in [0.2, 0.25) is 0 Å². The lowest BCUT2D eigenvalue weighted by Crippen LogP contribution is -2.28. The Kier molecular flexibility index (Phi) is 5.58. The largest absolute Gasteiger partial charge is 0.356 e. The summed E-state index contributed by atoms with van der Waals surface area (Å²) in [5, 5.41) is 4.80. The van der Waals surface area contributed by atoms with E-state index >= 15 is 0 Å². The fourth-order valence-corrected chi connectivity index (χ4v) is 4.22. The van der Waals surface area contributed by atoms with Crippen molar-refractivity contribution in [2.45, 2.75) is 45.6 Å². The van der Waals surface area contributed by atoms with E-state index in [1.54, 1.807) is 0 Å². The van der Waals surface area contributed by atoms with Crippen LogP contribution >= 0.6 is 0 Å². The molecule has 2 saturated heterocycles. The Morgan fingerprint density at radius 2 is 1.96 bits per heavy atom. The average molecular weight is 367 g/mol. The topological polar surface area (TPSA) is 48.5 Å². The lowest BCUT2D eigenvalue weighted by molar-refractivity contribution is -0.127. The van der Waals surface area contributed by atoms with Crippen molar-refractivity contribution in [2.24, 2.45) is 0 Å². The van der Waals surface area contributed by atoms with Crippen molar-refractivity contribution in [3.05, 3.63) is 35.4 Å². The number of benzene rings is 1. The van der Waals surface area contributed by atoms with Gasteiger partial charge >= 0.3 is 0 Å². The Morgan fingerprint density at radius 3 is 2.74 bits per heavy atom. The summed E-state index contributed by atoms with van der Waals surface area (Å²) in [5.41, 5.74) is 3.64. The third kappa shape index (κ3) is 4.24. The summed E-state index contributed by atoms with van der Waals surface area (Å²) in [4.78, 5) is 21.1. The molecule has 0 atom stereocenters. The zero-order valence-electron chi connectivity index (χ0n) is 16.3. The molecular formula is C22H30N4O. The van der Waals surface area contributed by atoms with E-state index in [2.05, 4.69) is 41.4 Å². The van der Waals surface area contributed by atoms with Gasteiger partial charge in [-0.05, 0) is 57.4 Å². The molecule has 3 heterocycles. The first-order chi connectivity index (χ1) is 13.2. The van der Waals surface area contributed by atoms with Gasteiger partial charge in [0, 0.05) is 50.1 Å². The molecule has 0 aliphatic carbocycles. The number of hydrogen-bond acceptors (Lipinski definition) is 4. The van der Waals surface area contributed by atoms with E-state index < -0.39 is 0 Å². The van der Waals surface area contributed by atoms with E-state index in [1.807, 2.05) is 4.90 Å². The lowest BCUT2D eigenvalue weighted by Gasteiger charge is -2.21. The number of likely N-dealkylation sites (tertiary alicyclic amines) is 1. The molecule has 0 bridgehead atoms. The number of anilines is 1. The first-order valence-electron chi connectivity index (χ1n) is 10.3. The van der Waals surface area contributed by atoms with Crippen LogP contribution in [0.3, 0.4) is 0 Å². The van der Waals surface area contributed by atoms with Crippen LogP contribution < -0.4 is 10.2 Å². The van der Waals surface area contributed by atoms with Gasteiger partial charge in [0.15, 0.2) is 0 Å². The lowest BCUT2D eigenvalue weighted by atomic mass is 10.1. The number of pyridine rings is 1. The van der Waals surface area contributed by atoms with Gasteiger partial charge in [-0.25, -0.2) is 4.98 Å². The van der Waals surface area contributed by atoms with Gasteiger partial charge in [0.25, 0.3) is 0 Å². The van der Waals surface area contributed by atoms with Crippen molar-refractivity contribution >= 4 is 22.6 Å². The Morgan fingerprint density at radius 1 is 1.11 bits per heavy atom. The number of rotatable bonds is 7. The summed E-state index contributed by atoms with van der Waals surface area (Å²) in [5.74, 6) is 1.46. The highest BCUT2D eigenvalue weighted by atomic mass is 16.2. The van der Waals surface area contributed by atoms with E-state index in [0.29, 0.717) is 5.91 Å². The molecule has 1 N–H and O–H groups in total. The van der Waals surface area contributed by atoms with Gasteiger partial charge in [-0.3, -0.25) is 4.79 Å². The van der Waals surface area contributed by atoms with E-state index in [-0.39, 0.29) is 0 Å². The monoisotopic (exact) mass is 366 g/mol. The number of aromatic nitrogens is 1. The molecular weight excluding hydrogens is 336 g/mol. The molecule has 2 aromatic rings. The fraction of sp³-hybridized carbons (Fsp3) is 0.545.